The Labute approximate surface area is 184 Å². The van der Waals surface area contributed by atoms with E-state index < -0.39 is 22.9 Å². The van der Waals surface area contributed by atoms with Crippen LogP contribution in [0.3, 0.4) is 0 Å². The molecule has 3 heterocycles. The van der Waals surface area contributed by atoms with E-state index >= 15 is 0 Å². The van der Waals surface area contributed by atoms with Crippen LogP contribution in [0.25, 0.3) is 11.0 Å². The Bertz CT molecular complexity index is 1090. The standard InChI is InChI=1S/C19H20F3N7O2S/c20-19(21,22)12-2-1-3-13(10-12)26-16-14-15(24-11-25-16)17(28-18(27-14)23-4-7-30)29-5-8-32(31)9-6-29/h1-3,10-11,30H,4-9H2,(H,23,27,28)(H,24,25,26). The number of rotatable bonds is 6. The number of fused-ring (bicyclic) bond motifs is 1. The van der Waals surface area contributed by atoms with Gasteiger partial charge in [0.2, 0.25) is 5.95 Å². The average Bonchev–Trinajstić information content (AvgIpc) is 2.78. The molecule has 3 aromatic rings. The molecule has 1 aliphatic rings. The molecular weight excluding hydrogens is 447 g/mol. The fourth-order valence-corrected chi connectivity index (χ4v) is 4.30. The number of aliphatic hydroxyl groups excluding tert-OH is 1. The maximum atomic E-state index is 13.1. The van der Waals surface area contributed by atoms with Crippen LogP contribution in [0.5, 0.6) is 0 Å². The Morgan fingerprint density at radius 1 is 1.12 bits per heavy atom. The second-order valence-electron chi connectivity index (χ2n) is 6.98. The van der Waals surface area contributed by atoms with Crippen LogP contribution in [0, 0.1) is 0 Å². The lowest BCUT2D eigenvalue weighted by molar-refractivity contribution is -0.137. The van der Waals surface area contributed by atoms with Gasteiger partial charge in [0.1, 0.15) is 28.9 Å². The number of halogens is 3. The molecule has 13 heteroatoms. The number of anilines is 4. The first kappa shape index (κ1) is 22.3. The van der Waals surface area contributed by atoms with Crippen molar-refractivity contribution in [1.29, 1.82) is 0 Å². The molecule has 2 aromatic heterocycles. The fraction of sp³-hybridized carbons (Fsp3) is 0.368. The number of nitrogens with one attached hydrogen (secondary N) is 2. The molecule has 0 radical (unpaired) electrons. The van der Waals surface area contributed by atoms with Crippen LogP contribution < -0.4 is 15.5 Å². The van der Waals surface area contributed by atoms with E-state index in [1.807, 2.05) is 4.90 Å². The summed E-state index contributed by atoms with van der Waals surface area (Å²) >= 11 is -0.890. The average molecular weight is 467 g/mol. The minimum absolute atomic E-state index is 0.139. The van der Waals surface area contributed by atoms with Crippen molar-refractivity contribution in [3.05, 3.63) is 36.2 Å². The summed E-state index contributed by atoms with van der Waals surface area (Å²) in [4.78, 5) is 19.4. The van der Waals surface area contributed by atoms with Crippen LogP contribution in [0.2, 0.25) is 0 Å². The van der Waals surface area contributed by atoms with E-state index in [1.165, 1.54) is 18.5 Å². The zero-order chi connectivity index (χ0) is 22.7. The topological polar surface area (TPSA) is 122 Å². The maximum absolute atomic E-state index is 13.1. The van der Waals surface area contributed by atoms with Crippen LogP contribution >= 0.6 is 0 Å². The zero-order valence-electron chi connectivity index (χ0n) is 16.8. The van der Waals surface area contributed by atoms with Crippen molar-refractivity contribution in [2.45, 2.75) is 6.18 Å². The quantitative estimate of drug-likeness (QED) is 0.468. The van der Waals surface area contributed by atoms with Crippen LogP contribution in [0.1, 0.15) is 5.56 Å². The number of nitrogens with zero attached hydrogens (tertiary/aromatic N) is 5. The van der Waals surface area contributed by atoms with Gasteiger partial charge in [0.25, 0.3) is 0 Å². The lowest BCUT2D eigenvalue weighted by Crippen LogP contribution is -2.41. The van der Waals surface area contributed by atoms with E-state index in [1.54, 1.807) is 0 Å². The predicted molar refractivity (Wildman–Crippen MR) is 116 cm³/mol. The SMILES string of the molecule is [O-][S+]1CCN(c2nc(NCCO)nc3c(Nc4cccc(C(F)(F)F)c4)ncnc23)CC1. The van der Waals surface area contributed by atoms with E-state index in [0.29, 0.717) is 41.4 Å². The van der Waals surface area contributed by atoms with E-state index in [9.17, 15) is 17.7 Å². The molecule has 0 unspecified atom stereocenters. The minimum Gasteiger partial charge on any atom is -0.616 e. The van der Waals surface area contributed by atoms with Gasteiger partial charge in [0.05, 0.1) is 25.3 Å². The zero-order valence-corrected chi connectivity index (χ0v) is 17.6. The highest BCUT2D eigenvalue weighted by molar-refractivity contribution is 7.91. The number of hydrogen-bond acceptors (Lipinski definition) is 9. The number of aliphatic hydroxyl groups is 1. The first-order valence-electron chi connectivity index (χ1n) is 9.77. The van der Waals surface area contributed by atoms with Crippen molar-refractivity contribution >= 4 is 45.5 Å². The molecular formula is C19H20F3N7O2S. The van der Waals surface area contributed by atoms with Crippen molar-refractivity contribution in [1.82, 2.24) is 19.9 Å². The Morgan fingerprint density at radius 2 is 1.91 bits per heavy atom. The molecule has 4 rings (SSSR count). The third-order valence-electron chi connectivity index (χ3n) is 4.79. The summed E-state index contributed by atoms with van der Waals surface area (Å²) in [6.07, 6.45) is -3.19. The molecule has 170 valence electrons. The van der Waals surface area contributed by atoms with E-state index in [-0.39, 0.29) is 30.6 Å². The number of aromatic nitrogens is 4. The molecule has 0 saturated carbocycles. The summed E-state index contributed by atoms with van der Waals surface area (Å²) in [6, 6.07) is 4.77. The maximum Gasteiger partial charge on any atom is 0.416 e. The summed E-state index contributed by atoms with van der Waals surface area (Å²) in [5.41, 5.74) is 0.125. The van der Waals surface area contributed by atoms with E-state index in [0.717, 1.165) is 12.1 Å². The van der Waals surface area contributed by atoms with Gasteiger partial charge < -0.3 is 25.2 Å². The molecule has 1 saturated heterocycles. The molecule has 0 atom stereocenters. The summed E-state index contributed by atoms with van der Waals surface area (Å²) < 4.78 is 51.0. The highest BCUT2D eigenvalue weighted by atomic mass is 32.2. The minimum atomic E-state index is -4.48. The van der Waals surface area contributed by atoms with Gasteiger partial charge in [-0.05, 0) is 18.2 Å². The van der Waals surface area contributed by atoms with Gasteiger partial charge in [-0.25, -0.2) is 15.0 Å². The molecule has 0 amide bonds. The second kappa shape index (κ2) is 9.30. The largest absolute Gasteiger partial charge is 0.616 e. The number of alkyl halides is 3. The van der Waals surface area contributed by atoms with Crippen molar-refractivity contribution in [2.75, 3.05) is 53.3 Å². The molecule has 1 fully saturated rings. The van der Waals surface area contributed by atoms with Crippen LogP contribution in [-0.2, 0) is 17.4 Å². The monoisotopic (exact) mass is 467 g/mol. The van der Waals surface area contributed by atoms with Gasteiger partial charge in [-0.2, -0.15) is 18.2 Å². The number of hydrogen-bond donors (Lipinski definition) is 3. The van der Waals surface area contributed by atoms with Gasteiger partial charge in [0, 0.05) is 12.2 Å². The van der Waals surface area contributed by atoms with Crippen molar-refractivity contribution in [3.63, 3.8) is 0 Å². The highest BCUT2D eigenvalue weighted by Gasteiger charge is 2.30. The Balaban J connectivity index is 1.76. The van der Waals surface area contributed by atoms with Crippen molar-refractivity contribution < 1.29 is 22.8 Å². The molecule has 32 heavy (non-hydrogen) atoms. The van der Waals surface area contributed by atoms with Crippen molar-refractivity contribution in [3.8, 4) is 0 Å². The Hall–Kier alpha value is -2.90. The third kappa shape index (κ3) is 4.95. The molecule has 3 N–H and O–H groups in total. The second-order valence-corrected chi connectivity index (χ2v) is 8.68. The summed E-state index contributed by atoms with van der Waals surface area (Å²) in [6.45, 7) is 1.09. The lowest BCUT2D eigenvalue weighted by Gasteiger charge is -2.29. The summed E-state index contributed by atoms with van der Waals surface area (Å²) in [5.74, 6) is 1.92. The normalized spacial score (nSPS) is 15.2. The van der Waals surface area contributed by atoms with Crippen LogP contribution in [0.15, 0.2) is 30.6 Å². The van der Waals surface area contributed by atoms with Crippen LogP contribution in [-0.4, -0.2) is 67.3 Å². The van der Waals surface area contributed by atoms with Gasteiger partial charge in [-0.3, -0.25) is 0 Å². The Morgan fingerprint density at radius 3 is 2.62 bits per heavy atom. The summed E-state index contributed by atoms with van der Waals surface area (Å²) in [7, 11) is 0. The first-order valence-corrected chi connectivity index (χ1v) is 11.3. The van der Waals surface area contributed by atoms with E-state index in [4.69, 9.17) is 5.11 Å². The van der Waals surface area contributed by atoms with Crippen molar-refractivity contribution in [2.24, 2.45) is 0 Å². The highest BCUT2D eigenvalue weighted by Crippen LogP contribution is 2.33. The fourth-order valence-electron chi connectivity index (χ4n) is 3.25. The molecule has 0 aliphatic carbocycles. The molecule has 1 aromatic carbocycles. The first-order chi connectivity index (χ1) is 15.3. The van der Waals surface area contributed by atoms with Gasteiger partial charge in [-0.15, -0.1) is 0 Å². The smallest absolute Gasteiger partial charge is 0.416 e. The number of benzene rings is 1. The van der Waals surface area contributed by atoms with Gasteiger partial charge in [-0.1, -0.05) is 17.2 Å². The van der Waals surface area contributed by atoms with Gasteiger partial charge in [0.15, 0.2) is 11.6 Å². The third-order valence-corrected chi connectivity index (χ3v) is 6.06. The Kier molecular flexibility index (Phi) is 6.48. The molecule has 0 bridgehead atoms. The van der Waals surface area contributed by atoms with Gasteiger partial charge >= 0.3 is 6.18 Å². The van der Waals surface area contributed by atoms with Crippen LogP contribution in [0.4, 0.5) is 36.4 Å². The molecule has 1 aliphatic heterocycles. The predicted octanol–water partition coefficient (Wildman–Crippen LogP) is 2.16. The van der Waals surface area contributed by atoms with E-state index in [2.05, 4.69) is 30.6 Å². The molecule has 9 nitrogen and oxygen atoms in total. The summed E-state index contributed by atoms with van der Waals surface area (Å²) in [5, 5.41) is 14.9. The lowest BCUT2D eigenvalue weighted by atomic mass is 10.2. The molecule has 0 spiro atoms.